The van der Waals surface area contributed by atoms with Gasteiger partial charge in [-0.3, -0.25) is 4.79 Å². The zero-order valence-electron chi connectivity index (χ0n) is 14.7. The number of nitrogens with zero attached hydrogens (tertiary/aromatic N) is 1. The molecule has 2 aromatic rings. The van der Waals surface area contributed by atoms with Crippen LogP contribution in [0, 0.1) is 0 Å². The van der Waals surface area contributed by atoms with Crippen molar-refractivity contribution in [3.63, 3.8) is 0 Å². The highest BCUT2D eigenvalue weighted by molar-refractivity contribution is 6.05. The Kier molecular flexibility index (Phi) is 4.31. The van der Waals surface area contributed by atoms with Gasteiger partial charge in [0.25, 0.3) is 0 Å². The number of primary amides is 1. The topological polar surface area (TPSA) is 116 Å². The van der Waals surface area contributed by atoms with Crippen LogP contribution in [0.15, 0.2) is 48.5 Å². The lowest BCUT2D eigenvalue weighted by molar-refractivity contribution is -0.137. The van der Waals surface area contributed by atoms with Gasteiger partial charge < -0.3 is 15.2 Å². The van der Waals surface area contributed by atoms with Crippen LogP contribution in [0.3, 0.4) is 0 Å². The summed E-state index contributed by atoms with van der Waals surface area (Å²) >= 11 is 0. The van der Waals surface area contributed by atoms with Crippen LogP contribution in [0.4, 0.5) is 9.59 Å². The molecule has 0 spiro atoms. The molecule has 2 N–H and O–H groups in total. The van der Waals surface area contributed by atoms with Crippen molar-refractivity contribution in [1.29, 1.82) is 0 Å². The van der Waals surface area contributed by atoms with E-state index < -0.39 is 36.5 Å². The maximum absolute atomic E-state index is 12.5. The maximum atomic E-state index is 12.5. The molecule has 28 heavy (non-hydrogen) atoms. The van der Waals surface area contributed by atoms with E-state index in [0.29, 0.717) is 4.90 Å². The van der Waals surface area contributed by atoms with Crippen LogP contribution >= 0.6 is 0 Å². The number of amides is 3. The fraction of sp³-hybridized carbons (Fsp3) is 0.200. The zero-order chi connectivity index (χ0) is 19.8. The molecule has 142 valence electrons. The number of esters is 1. The fourth-order valence-corrected chi connectivity index (χ4v) is 3.67. The number of carbonyl (C=O) groups excluding carboxylic acids is 4. The fourth-order valence-electron chi connectivity index (χ4n) is 3.67. The smallest absolute Gasteiger partial charge is 0.427 e. The molecule has 1 heterocycles. The van der Waals surface area contributed by atoms with Gasteiger partial charge in [0.05, 0.1) is 6.42 Å². The van der Waals surface area contributed by atoms with Crippen molar-refractivity contribution in [2.24, 2.45) is 5.73 Å². The predicted octanol–water partition coefficient (Wildman–Crippen LogP) is 2.16. The Labute approximate surface area is 159 Å². The number of hydrogen-bond acceptors (Lipinski definition) is 6. The van der Waals surface area contributed by atoms with E-state index in [1.165, 1.54) is 0 Å². The number of carbonyl (C=O) groups is 4. The van der Waals surface area contributed by atoms with E-state index in [4.69, 9.17) is 10.5 Å². The van der Waals surface area contributed by atoms with Gasteiger partial charge in [-0.2, -0.15) is 4.90 Å². The van der Waals surface area contributed by atoms with E-state index >= 15 is 0 Å². The SMILES string of the molecule is NC(=O)C[C@H]1C(=O)OC(=O)N1C(=O)OCC1c2ccccc2-c2ccccc21. The van der Waals surface area contributed by atoms with Crippen molar-refractivity contribution in [3.05, 3.63) is 59.7 Å². The molecule has 1 saturated heterocycles. The van der Waals surface area contributed by atoms with Crippen LogP contribution < -0.4 is 5.73 Å². The minimum absolute atomic E-state index is 0.0336. The number of hydrogen-bond donors (Lipinski definition) is 1. The van der Waals surface area contributed by atoms with E-state index in [1.54, 1.807) is 0 Å². The van der Waals surface area contributed by atoms with E-state index in [-0.39, 0.29) is 12.5 Å². The molecule has 0 bridgehead atoms. The van der Waals surface area contributed by atoms with Crippen molar-refractivity contribution in [1.82, 2.24) is 4.90 Å². The molecule has 4 rings (SSSR count). The first kappa shape index (κ1) is 17.7. The summed E-state index contributed by atoms with van der Waals surface area (Å²) in [6.07, 6.45) is -2.74. The van der Waals surface area contributed by atoms with Crippen LogP contribution in [0.5, 0.6) is 0 Å². The summed E-state index contributed by atoms with van der Waals surface area (Å²) < 4.78 is 9.77. The third-order valence-corrected chi connectivity index (χ3v) is 4.90. The molecule has 0 radical (unpaired) electrons. The minimum atomic E-state index is -1.40. The Morgan fingerprint density at radius 2 is 1.57 bits per heavy atom. The van der Waals surface area contributed by atoms with Crippen LogP contribution in [-0.2, 0) is 19.1 Å². The van der Waals surface area contributed by atoms with Gasteiger partial charge in [0, 0.05) is 5.92 Å². The monoisotopic (exact) mass is 380 g/mol. The third-order valence-electron chi connectivity index (χ3n) is 4.90. The van der Waals surface area contributed by atoms with E-state index in [0.717, 1.165) is 22.3 Å². The average Bonchev–Trinajstić information content (AvgIpc) is 3.13. The van der Waals surface area contributed by atoms with E-state index in [1.807, 2.05) is 48.5 Å². The molecule has 1 fully saturated rings. The maximum Gasteiger partial charge on any atom is 0.427 e. The van der Waals surface area contributed by atoms with Gasteiger partial charge in [0.15, 0.2) is 6.04 Å². The minimum Gasteiger partial charge on any atom is -0.448 e. The van der Waals surface area contributed by atoms with Crippen molar-refractivity contribution in [2.45, 2.75) is 18.4 Å². The van der Waals surface area contributed by atoms with Gasteiger partial charge in [0.2, 0.25) is 5.91 Å². The Bertz CT molecular complexity index is 956. The molecule has 1 aliphatic carbocycles. The molecule has 2 aliphatic rings. The first-order valence-electron chi connectivity index (χ1n) is 8.65. The van der Waals surface area contributed by atoms with Crippen molar-refractivity contribution in [3.8, 4) is 11.1 Å². The van der Waals surface area contributed by atoms with Crippen LogP contribution in [0.1, 0.15) is 23.5 Å². The average molecular weight is 380 g/mol. The number of fused-ring (bicyclic) bond motifs is 3. The number of nitrogens with two attached hydrogens (primary N) is 1. The molecule has 0 unspecified atom stereocenters. The second-order valence-electron chi connectivity index (χ2n) is 6.55. The third kappa shape index (κ3) is 2.88. The van der Waals surface area contributed by atoms with Crippen LogP contribution in [0.25, 0.3) is 11.1 Å². The molecule has 1 aliphatic heterocycles. The summed E-state index contributed by atoms with van der Waals surface area (Å²) in [6, 6.07) is 14.2. The van der Waals surface area contributed by atoms with Gasteiger partial charge in [-0.05, 0) is 22.3 Å². The summed E-state index contributed by atoms with van der Waals surface area (Å²) in [5, 5.41) is 0. The number of cyclic esters (lactones) is 2. The normalized spacial score (nSPS) is 17.9. The highest BCUT2D eigenvalue weighted by Crippen LogP contribution is 2.44. The zero-order valence-corrected chi connectivity index (χ0v) is 14.7. The molecule has 8 nitrogen and oxygen atoms in total. The summed E-state index contributed by atoms with van der Waals surface area (Å²) in [5.41, 5.74) is 9.21. The molecule has 0 saturated carbocycles. The predicted molar refractivity (Wildman–Crippen MR) is 96.0 cm³/mol. The number of imide groups is 1. The Morgan fingerprint density at radius 1 is 1.00 bits per heavy atom. The van der Waals surface area contributed by atoms with Crippen molar-refractivity contribution >= 4 is 24.1 Å². The Hall–Kier alpha value is -3.68. The van der Waals surface area contributed by atoms with Crippen molar-refractivity contribution < 1.29 is 28.7 Å². The van der Waals surface area contributed by atoms with E-state index in [9.17, 15) is 19.2 Å². The number of benzene rings is 2. The van der Waals surface area contributed by atoms with Gasteiger partial charge in [-0.1, -0.05) is 48.5 Å². The summed E-state index contributed by atoms with van der Waals surface area (Å²) in [4.78, 5) is 47.7. The lowest BCUT2D eigenvalue weighted by Gasteiger charge is -2.19. The first-order chi connectivity index (χ1) is 13.5. The first-order valence-corrected chi connectivity index (χ1v) is 8.65. The lowest BCUT2D eigenvalue weighted by atomic mass is 9.98. The quantitative estimate of drug-likeness (QED) is 0.642. The van der Waals surface area contributed by atoms with Crippen LogP contribution in [0.2, 0.25) is 0 Å². The number of rotatable bonds is 4. The van der Waals surface area contributed by atoms with Gasteiger partial charge in [0.1, 0.15) is 6.61 Å². The Morgan fingerprint density at radius 3 is 2.14 bits per heavy atom. The second kappa shape index (κ2) is 6.80. The second-order valence-corrected chi connectivity index (χ2v) is 6.55. The van der Waals surface area contributed by atoms with Crippen molar-refractivity contribution in [2.75, 3.05) is 6.61 Å². The molecule has 3 amide bonds. The largest absolute Gasteiger partial charge is 0.448 e. The molecular weight excluding hydrogens is 364 g/mol. The standard InChI is InChI=1S/C20H16N2O6/c21-17(23)9-16-18(24)28-20(26)22(16)19(25)27-10-15-13-7-3-1-5-11(13)12-6-2-4-8-14(12)15/h1-8,15-16H,9-10H2,(H2,21,23)/t16-/m0/s1. The summed E-state index contributed by atoms with van der Waals surface area (Å²) in [6.45, 7) is -0.0336. The van der Waals surface area contributed by atoms with Gasteiger partial charge >= 0.3 is 18.2 Å². The molecule has 1 atom stereocenters. The summed E-state index contributed by atoms with van der Waals surface area (Å²) in [7, 11) is 0. The molecule has 0 aromatic heterocycles. The lowest BCUT2D eigenvalue weighted by Crippen LogP contribution is -2.43. The van der Waals surface area contributed by atoms with Gasteiger partial charge in [-0.25, -0.2) is 14.4 Å². The highest BCUT2D eigenvalue weighted by Gasteiger charge is 2.47. The van der Waals surface area contributed by atoms with Gasteiger partial charge in [-0.15, -0.1) is 0 Å². The molecule has 8 heteroatoms. The molecule has 2 aromatic carbocycles. The number of ether oxygens (including phenoxy) is 2. The molecular formula is C20H16N2O6. The van der Waals surface area contributed by atoms with E-state index in [2.05, 4.69) is 4.74 Å². The Balaban J connectivity index is 1.54. The highest BCUT2D eigenvalue weighted by atomic mass is 16.6. The summed E-state index contributed by atoms with van der Waals surface area (Å²) in [5.74, 6) is -2.05. The van der Waals surface area contributed by atoms with Crippen LogP contribution in [-0.4, -0.2) is 41.6 Å².